The first-order valence-electron chi connectivity index (χ1n) is 7.85. The van der Waals surface area contributed by atoms with Crippen molar-refractivity contribution < 1.29 is 14.3 Å². The maximum atomic E-state index is 12.6. The fourth-order valence-corrected chi connectivity index (χ4v) is 2.61. The van der Waals surface area contributed by atoms with Crippen LogP contribution in [0.15, 0.2) is 48.5 Å². The Kier molecular flexibility index (Phi) is 4.48. The predicted octanol–water partition coefficient (Wildman–Crippen LogP) is 4.01. The quantitative estimate of drug-likeness (QED) is 0.732. The van der Waals surface area contributed by atoms with Gasteiger partial charge in [-0.2, -0.15) is 0 Å². The molecule has 2 aromatic carbocycles. The standard InChI is InChI=1S/C20H18N2O3/c1-12-18(10-15-7-8-17(25-3)11-19(15)21-12)20(24)22-16-6-4-5-14(9-16)13(2)23/h4-11H,1-3H3,(H,22,24). The van der Waals surface area contributed by atoms with Crippen molar-refractivity contribution in [1.82, 2.24) is 4.98 Å². The number of nitrogens with one attached hydrogen (secondary N) is 1. The van der Waals surface area contributed by atoms with Crippen LogP contribution in [0.4, 0.5) is 5.69 Å². The lowest BCUT2D eigenvalue weighted by atomic mass is 10.1. The molecule has 0 radical (unpaired) electrons. The van der Waals surface area contributed by atoms with Crippen molar-refractivity contribution in [3.8, 4) is 5.75 Å². The number of carbonyl (C=O) groups is 2. The number of hydrogen-bond acceptors (Lipinski definition) is 4. The minimum Gasteiger partial charge on any atom is -0.497 e. The molecule has 3 aromatic rings. The summed E-state index contributed by atoms with van der Waals surface area (Å²) in [7, 11) is 1.60. The van der Waals surface area contributed by atoms with Crippen molar-refractivity contribution in [3.63, 3.8) is 0 Å². The van der Waals surface area contributed by atoms with Crippen LogP contribution in [-0.4, -0.2) is 23.8 Å². The maximum Gasteiger partial charge on any atom is 0.257 e. The highest BCUT2D eigenvalue weighted by atomic mass is 16.5. The number of fused-ring (bicyclic) bond motifs is 1. The number of benzene rings is 2. The van der Waals surface area contributed by atoms with Gasteiger partial charge in [-0.05, 0) is 44.2 Å². The zero-order chi connectivity index (χ0) is 18.0. The number of hydrogen-bond donors (Lipinski definition) is 1. The lowest BCUT2D eigenvalue weighted by Gasteiger charge is -2.10. The minimum absolute atomic E-state index is 0.0476. The molecule has 5 nitrogen and oxygen atoms in total. The number of rotatable bonds is 4. The van der Waals surface area contributed by atoms with E-state index in [9.17, 15) is 9.59 Å². The summed E-state index contributed by atoms with van der Waals surface area (Å²) < 4.78 is 5.20. The third kappa shape index (κ3) is 3.50. The van der Waals surface area contributed by atoms with Gasteiger partial charge in [0.2, 0.25) is 0 Å². The summed E-state index contributed by atoms with van der Waals surface area (Å²) in [6.07, 6.45) is 0. The van der Waals surface area contributed by atoms with E-state index in [1.165, 1.54) is 6.92 Å². The molecule has 0 fully saturated rings. The number of ether oxygens (including phenoxy) is 1. The Morgan fingerprint density at radius 2 is 1.88 bits per heavy atom. The molecular formula is C20H18N2O3. The lowest BCUT2D eigenvalue weighted by Crippen LogP contribution is -2.14. The molecule has 1 heterocycles. The number of carbonyl (C=O) groups excluding carboxylic acids is 2. The van der Waals surface area contributed by atoms with Gasteiger partial charge in [0.05, 0.1) is 23.9 Å². The van der Waals surface area contributed by atoms with E-state index in [4.69, 9.17) is 4.74 Å². The second-order valence-corrected chi connectivity index (χ2v) is 5.77. The van der Waals surface area contributed by atoms with E-state index in [-0.39, 0.29) is 11.7 Å². The van der Waals surface area contributed by atoms with Crippen LogP contribution in [0, 0.1) is 6.92 Å². The molecule has 0 saturated heterocycles. The minimum atomic E-state index is -0.261. The van der Waals surface area contributed by atoms with Crippen molar-refractivity contribution in [3.05, 3.63) is 65.4 Å². The molecule has 1 aromatic heterocycles. The number of aryl methyl sites for hydroxylation is 1. The van der Waals surface area contributed by atoms with Gasteiger partial charge in [0.25, 0.3) is 5.91 Å². The van der Waals surface area contributed by atoms with Crippen molar-refractivity contribution >= 4 is 28.3 Å². The molecule has 3 rings (SSSR count). The normalized spacial score (nSPS) is 10.5. The first-order chi connectivity index (χ1) is 12.0. The molecule has 0 spiro atoms. The third-order valence-corrected chi connectivity index (χ3v) is 3.99. The van der Waals surface area contributed by atoms with E-state index in [1.54, 1.807) is 44.4 Å². The Balaban J connectivity index is 1.93. The molecule has 0 atom stereocenters. The summed E-state index contributed by atoms with van der Waals surface area (Å²) in [6.45, 7) is 3.28. The largest absolute Gasteiger partial charge is 0.497 e. The summed E-state index contributed by atoms with van der Waals surface area (Å²) in [6, 6.07) is 14.2. The second-order valence-electron chi connectivity index (χ2n) is 5.77. The van der Waals surface area contributed by atoms with Crippen LogP contribution in [0.1, 0.15) is 33.3 Å². The Morgan fingerprint density at radius 1 is 1.08 bits per heavy atom. The van der Waals surface area contributed by atoms with E-state index in [0.29, 0.717) is 22.5 Å². The molecule has 5 heteroatoms. The highest BCUT2D eigenvalue weighted by Crippen LogP contribution is 2.22. The SMILES string of the molecule is COc1ccc2cc(C(=O)Nc3cccc(C(C)=O)c3)c(C)nc2c1. The van der Waals surface area contributed by atoms with Gasteiger partial charge < -0.3 is 10.1 Å². The molecule has 126 valence electrons. The van der Waals surface area contributed by atoms with Crippen LogP contribution in [0.25, 0.3) is 10.9 Å². The monoisotopic (exact) mass is 334 g/mol. The van der Waals surface area contributed by atoms with E-state index in [2.05, 4.69) is 10.3 Å². The number of nitrogens with zero attached hydrogens (tertiary/aromatic N) is 1. The Bertz CT molecular complexity index is 980. The van der Waals surface area contributed by atoms with Crippen molar-refractivity contribution in [1.29, 1.82) is 0 Å². The predicted molar refractivity (Wildman–Crippen MR) is 97.4 cm³/mol. The second kappa shape index (κ2) is 6.73. The van der Waals surface area contributed by atoms with Gasteiger partial charge in [-0.25, -0.2) is 0 Å². The number of Topliss-reactive ketones (excluding diaryl/α,β-unsaturated/α-hetero) is 1. The Hall–Kier alpha value is -3.21. The summed E-state index contributed by atoms with van der Waals surface area (Å²) in [5, 5.41) is 3.68. The molecule has 0 aliphatic rings. The fraction of sp³-hybridized carbons (Fsp3) is 0.150. The number of methoxy groups -OCH3 is 1. The molecule has 0 saturated carbocycles. The fourth-order valence-electron chi connectivity index (χ4n) is 2.61. The molecule has 1 N–H and O–H groups in total. The zero-order valence-electron chi connectivity index (χ0n) is 14.3. The van der Waals surface area contributed by atoms with Gasteiger partial charge in [0.1, 0.15) is 5.75 Å². The van der Waals surface area contributed by atoms with Crippen LogP contribution in [0.5, 0.6) is 5.75 Å². The first kappa shape index (κ1) is 16.6. The van der Waals surface area contributed by atoms with Gasteiger partial charge in [0.15, 0.2) is 5.78 Å². The van der Waals surface area contributed by atoms with Crippen LogP contribution in [0.3, 0.4) is 0 Å². The van der Waals surface area contributed by atoms with Gasteiger partial charge in [0, 0.05) is 22.7 Å². The van der Waals surface area contributed by atoms with Crippen LogP contribution < -0.4 is 10.1 Å². The number of pyridine rings is 1. The smallest absolute Gasteiger partial charge is 0.257 e. The van der Waals surface area contributed by atoms with E-state index in [0.717, 1.165) is 16.7 Å². The molecule has 25 heavy (non-hydrogen) atoms. The number of aromatic nitrogens is 1. The number of anilines is 1. The molecule has 1 amide bonds. The summed E-state index contributed by atoms with van der Waals surface area (Å²) in [5.74, 6) is 0.412. The van der Waals surface area contributed by atoms with Crippen molar-refractivity contribution in [2.45, 2.75) is 13.8 Å². The molecular weight excluding hydrogens is 316 g/mol. The third-order valence-electron chi connectivity index (χ3n) is 3.99. The zero-order valence-corrected chi connectivity index (χ0v) is 14.3. The lowest BCUT2D eigenvalue weighted by molar-refractivity contribution is 0.101. The molecule has 0 aliphatic heterocycles. The summed E-state index contributed by atoms with van der Waals surface area (Å²) in [4.78, 5) is 28.6. The van der Waals surface area contributed by atoms with Crippen LogP contribution in [0.2, 0.25) is 0 Å². The number of amides is 1. The average Bonchev–Trinajstić information content (AvgIpc) is 2.60. The maximum absolute atomic E-state index is 12.6. The van der Waals surface area contributed by atoms with Crippen LogP contribution >= 0.6 is 0 Å². The van der Waals surface area contributed by atoms with Gasteiger partial charge in [-0.3, -0.25) is 14.6 Å². The first-order valence-corrected chi connectivity index (χ1v) is 7.85. The van der Waals surface area contributed by atoms with E-state index in [1.807, 2.05) is 18.2 Å². The van der Waals surface area contributed by atoms with Crippen molar-refractivity contribution in [2.75, 3.05) is 12.4 Å². The topological polar surface area (TPSA) is 68.3 Å². The highest BCUT2D eigenvalue weighted by Gasteiger charge is 2.13. The van der Waals surface area contributed by atoms with E-state index >= 15 is 0 Å². The highest BCUT2D eigenvalue weighted by molar-refractivity contribution is 6.07. The number of ketones is 1. The van der Waals surface area contributed by atoms with Crippen LogP contribution in [-0.2, 0) is 0 Å². The molecule has 0 bridgehead atoms. The van der Waals surface area contributed by atoms with Crippen molar-refractivity contribution in [2.24, 2.45) is 0 Å². The van der Waals surface area contributed by atoms with Gasteiger partial charge in [-0.1, -0.05) is 12.1 Å². The van der Waals surface area contributed by atoms with Gasteiger partial charge in [-0.15, -0.1) is 0 Å². The average molecular weight is 334 g/mol. The summed E-state index contributed by atoms with van der Waals surface area (Å²) >= 11 is 0. The molecule has 0 unspecified atom stereocenters. The Morgan fingerprint density at radius 3 is 2.60 bits per heavy atom. The Labute approximate surface area is 145 Å². The van der Waals surface area contributed by atoms with E-state index < -0.39 is 0 Å². The summed E-state index contributed by atoms with van der Waals surface area (Å²) in [5.41, 5.74) is 3.02. The molecule has 0 aliphatic carbocycles. The van der Waals surface area contributed by atoms with Gasteiger partial charge >= 0.3 is 0 Å².